The Morgan fingerprint density at radius 3 is 1.21 bits per heavy atom. The van der Waals surface area contributed by atoms with Crippen molar-refractivity contribution in [1.82, 2.24) is 47.9 Å². The van der Waals surface area contributed by atoms with Gasteiger partial charge in [0, 0.05) is 37.2 Å². The Hall–Kier alpha value is -8.08. The highest BCUT2D eigenvalue weighted by atomic mass is 32.1. The van der Waals surface area contributed by atoms with Crippen molar-refractivity contribution in [2.24, 2.45) is 23.1 Å². The van der Waals surface area contributed by atoms with Crippen LogP contribution >= 0.6 is 25.3 Å². The summed E-state index contributed by atoms with van der Waals surface area (Å²) < 4.78 is 0. The van der Waals surface area contributed by atoms with Crippen LogP contribution in [-0.4, -0.2) is 160 Å². The summed E-state index contributed by atoms with van der Waals surface area (Å²) >= 11 is 8.62. The fourth-order valence-corrected chi connectivity index (χ4v) is 8.93. The second-order valence-electron chi connectivity index (χ2n) is 20.3. The summed E-state index contributed by atoms with van der Waals surface area (Å²) in [6.45, 7) is 4.94. The number of unbranched alkanes of at least 4 members (excludes halogenated alkanes) is 1. The molecule has 11 atom stereocenters. The third-order valence-corrected chi connectivity index (χ3v) is 14.3. The van der Waals surface area contributed by atoms with Gasteiger partial charge in [-0.2, -0.15) is 25.3 Å². The van der Waals surface area contributed by atoms with E-state index in [1.165, 1.54) is 6.92 Å². The van der Waals surface area contributed by atoms with E-state index in [-0.39, 0.29) is 43.6 Å². The molecule has 0 aliphatic rings. The van der Waals surface area contributed by atoms with Gasteiger partial charge in [0.15, 0.2) is 0 Å². The van der Waals surface area contributed by atoms with Crippen LogP contribution in [0.3, 0.4) is 0 Å². The molecule has 0 aromatic heterocycles. The Morgan fingerprint density at radius 1 is 0.471 bits per heavy atom. The molecule has 3 aromatic carbocycles. The van der Waals surface area contributed by atoms with E-state index in [0.29, 0.717) is 42.5 Å². The number of carboxylic acids is 2. The van der Waals surface area contributed by atoms with E-state index in [2.05, 4.69) is 73.1 Å². The first kappa shape index (κ1) is 71.2. The number of rotatable bonds is 38. The van der Waals surface area contributed by atoms with Gasteiger partial charge in [0.05, 0.1) is 12.5 Å². The first-order valence-corrected chi connectivity index (χ1v) is 28.9. The number of aliphatic carboxylic acids is 2. The van der Waals surface area contributed by atoms with Crippen LogP contribution in [0.15, 0.2) is 91.0 Å². The Labute approximate surface area is 504 Å². The minimum absolute atomic E-state index is 0.0617. The van der Waals surface area contributed by atoms with Gasteiger partial charge < -0.3 is 75.3 Å². The van der Waals surface area contributed by atoms with E-state index in [4.69, 9.17) is 22.3 Å². The number of hydrogen-bond acceptors (Lipinski definition) is 16. The van der Waals surface area contributed by atoms with Crippen LogP contribution in [0.5, 0.6) is 0 Å². The van der Waals surface area contributed by atoms with Crippen molar-refractivity contribution in [1.29, 1.82) is 0 Å². The fourth-order valence-electron chi connectivity index (χ4n) is 8.41. The molecule has 28 heteroatoms. The van der Waals surface area contributed by atoms with Crippen LogP contribution in [0.4, 0.5) is 0 Å². The van der Waals surface area contributed by atoms with Crippen LogP contribution in [0, 0.1) is 5.92 Å². The number of carbonyl (C=O) groups is 12. The number of nitrogens with one attached hydrogen (secondary N) is 9. The molecule has 0 saturated carbocycles. The molecule has 0 fully saturated rings. The molecular formula is C57H80N12O14S2. The number of hydrogen-bond donors (Lipinski definition) is 16. The number of benzene rings is 3. The zero-order valence-electron chi connectivity index (χ0n) is 47.6. The summed E-state index contributed by atoms with van der Waals surface area (Å²) in [6, 6.07) is 11.5. The molecule has 464 valence electrons. The average Bonchev–Trinajstić information content (AvgIpc) is 3.67. The van der Waals surface area contributed by atoms with Crippen molar-refractivity contribution >= 4 is 96.3 Å². The van der Waals surface area contributed by atoms with E-state index in [1.807, 2.05) is 0 Å². The highest BCUT2D eigenvalue weighted by Crippen LogP contribution is 2.13. The lowest BCUT2D eigenvalue weighted by Gasteiger charge is -2.28. The zero-order valence-corrected chi connectivity index (χ0v) is 49.4. The Balaban J connectivity index is 1.89. The monoisotopic (exact) mass is 1220 g/mol. The summed E-state index contributed by atoms with van der Waals surface area (Å²) in [7, 11) is 0. The maximum atomic E-state index is 14.6. The van der Waals surface area contributed by atoms with Gasteiger partial charge in [-0.25, -0.2) is 4.79 Å². The van der Waals surface area contributed by atoms with Crippen molar-refractivity contribution < 1.29 is 67.7 Å². The second-order valence-corrected chi connectivity index (χ2v) is 21.0. The van der Waals surface area contributed by atoms with Gasteiger partial charge in [-0.15, -0.1) is 0 Å². The molecule has 0 radical (unpaired) electrons. The molecule has 85 heavy (non-hydrogen) atoms. The molecule has 0 aliphatic carbocycles. The van der Waals surface area contributed by atoms with Crippen LogP contribution in [0.1, 0.15) is 82.4 Å². The van der Waals surface area contributed by atoms with Crippen LogP contribution < -0.4 is 65.1 Å². The predicted molar refractivity (Wildman–Crippen MR) is 320 cm³/mol. The first-order chi connectivity index (χ1) is 40.4. The summed E-state index contributed by atoms with van der Waals surface area (Å²) in [5.41, 5.74) is 18.4. The molecule has 0 unspecified atom stereocenters. The third kappa shape index (κ3) is 25.4. The van der Waals surface area contributed by atoms with Crippen molar-refractivity contribution in [2.75, 3.05) is 18.1 Å². The quantitative estimate of drug-likeness (QED) is 0.0224. The molecule has 3 aromatic rings. The Bertz CT molecular complexity index is 2740. The number of carboxylic acid groups (broad SMARTS) is 2. The molecule has 17 N–H and O–H groups in total. The molecule has 26 nitrogen and oxygen atoms in total. The molecular weight excluding hydrogens is 1140 g/mol. The predicted octanol–water partition coefficient (Wildman–Crippen LogP) is -1.72. The van der Waals surface area contributed by atoms with Crippen molar-refractivity contribution in [3.63, 3.8) is 0 Å². The van der Waals surface area contributed by atoms with Crippen LogP contribution in [-0.2, 0) is 76.8 Å². The van der Waals surface area contributed by atoms with Gasteiger partial charge in [0.25, 0.3) is 0 Å². The SMILES string of the molecule is CC[C@H](C)[C@H](NC(=O)[C@@H](N)CC(=O)O)C(=O)N[C@@H](C)C(=O)N[C@@H](CCC(N)=O)C(=O)N[C@@H](CS)C(=O)N[C@@H](Cc1ccccc1)C(=O)N[C@@H](Cc1ccccc1)C(=O)N[C@@H](CS)C(=O)N[C@@H](Cc1ccccc1)C(=O)N[C@@H](CCCCN)C(=O)O. The smallest absolute Gasteiger partial charge is 0.326 e. The second kappa shape index (κ2) is 37.3. The topological polar surface area (TPSA) is 432 Å². The molecule has 3 rings (SSSR count). The van der Waals surface area contributed by atoms with Crippen LogP contribution in [0.25, 0.3) is 0 Å². The van der Waals surface area contributed by atoms with E-state index in [9.17, 15) is 62.6 Å². The minimum atomic E-state index is -1.55. The summed E-state index contributed by atoms with van der Waals surface area (Å²) in [5.74, 6) is -12.7. The lowest BCUT2D eigenvalue weighted by atomic mass is 9.97. The average molecular weight is 1220 g/mol. The Morgan fingerprint density at radius 2 is 0.847 bits per heavy atom. The summed E-state index contributed by atoms with van der Waals surface area (Å²) in [5, 5.41) is 41.9. The largest absolute Gasteiger partial charge is 0.481 e. The highest BCUT2D eigenvalue weighted by Gasteiger charge is 2.36. The van der Waals surface area contributed by atoms with E-state index >= 15 is 0 Å². The maximum absolute atomic E-state index is 14.6. The molecule has 0 bridgehead atoms. The summed E-state index contributed by atoms with van der Waals surface area (Å²) in [6.07, 6.45) is -0.518. The standard InChI is InChI=1S/C57H80N12O14S2/c1-4-32(2)47(69-49(74)37(59)29-46(71)72)56(81)61-33(3)48(73)62-38(23-24-45(60)70)50(75)67-43(30-84)54(79)66-41(27-35-18-10-6-11-19-35)52(77)64-42(28-36-20-12-7-13-21-36)53(78)68-44(31-85)55(80)65-40(26-34-16-8-5-9-17-34)51(76)63-39(57(82)83)22-14-15-25-58/h5-13,16-21,32-33,37-44,47,84-85H,4,14-15,22-31,58-59H2,1-3H3,(H2,60,70)(H,61,81)(H,62,73)(H,63,76)(H,64,77)(H,65,80)(H,66,79)(H,67,75)(H,68,78)(H,69,74)(H,71,72)(H,82,83)/t32-,33-,37-,38-,39-,40-,41-,42-,43-,44-,47-/m0/s1. The molecule has 0 heterocycles. The van der Waals surface area contributed by atoms with E-state index < -0.39 is 150 Å². The molecule has 10 amide bonds. The molecule has 0 spiro atoms. The van der Waals surface area contributed by atoms with E-state index in [1.54, 1.807) is 105 Å². The number of amides is 10. The van der Waals surface area contributed by atoms with Gasteiger partial charge in [-0.05, 0) is 61.8 Å². The van der Waals surface area contributed by atoms with Gasteiger partial charge in [-0.3, -0.25) is 52.7 Å². The highest BCUT2D eigenvalue weighted by molar-refractivity contribution is 7.80. The fraction of sp³-hybridized carbons (Fsp3) is 0.474. The summed E-state index contributed by atoms with van der Waals surface area (Å²) in [4.78, 5) is 160. The number of thiol groups is 2. The minimum Gasteiger partial charge on any atom is -0.481 e. The van der Waals surface area contributed by atoms with Crippen LogP contribution in [0.2, 0.25) is 0 Å². The third-order valence-electron chi connectivity index (χ3n) is 13.5. The van der Waals surface area contributed by atoms with Gasteiger partial charge in [0.2, 0.25) is 59.1 Å². The molecule has 0 aliphatic heterocycles. The normalized spacial score (nSPS) is 14.9. The molecule has 0 saturated heterocycles. The first-order valence-electron chi connectivity index (χ1n) is 27.7. The van der Waals surface area contributed by atoms with Gasteiger partial charge >= 0.3 is 11.9 Å². The number of carbonyl (C=O) groups excluding carboxylic acids is 10. The zero-order chi connectivity index (χ0) is 63.2. The van der Waals surface area contributed by atoms with Crippen molar-refractivity contribution in [3.05, 3.63) is 108 Å². The maximum Gasteiger partial charge on any atom is 0.326 e. The van der Waals surface area contributed by atoms with Gasteiger partial charge in [-0.1, -0.05) is 111 Å². The van der Waals surface area contributed by atoms with Gasteiger partial charge in [0.1, 0.15) is 54.4 Å². The number of nitrogens with two attached hydrogens (primary N) is 3. The number of primary amides is 1. The lowest BCUT2D eigenvalue weighted by molar-refractivity contribution is -0.142. The van der Waals surface area contributed by atoms with Crippen molar-refractivity contribution in [3.8, 4) is 0 Å². The van der Waals surface area contributed by atoms with E-state index in [0.717, 1.165) is 0 Å². The van der Waals surface area contributed by atoms with Crippen molar-refractivity contribution in [2.45, 2.75) is 145 Å². The Kier molecular flexibility index (Phi) is 31.2. The lowest BCUT2D eigenvalue weighted by Crippen LogP contribution is -2.61.